The van der Waals surface area contributed by atoms with Crippen molar-refractivity contribution >= 4 is 11.7 Å². The van der Waals surface area contributed by atoms with Crippen LogP contribution in [0, 0.1) is 6.92 Å². The van der Waals surface area contributed by atoms with Gasteiger partial charge in [-0.05, 0) is 30.7 Å². The molecule has 0 aromatic heterocycles. The minimum absolute atomic E-state index is 0.465. The number of esters is 1. The fraction of sp³-hybridized carbons (Fsp3) is 0.100. The van der Waals surface area contributed by atoms with E-state index in [1.54, 1.807) is 18.2 Å². The molecule has 2 N–H and O–H groups in total. The number of nitrogens with two attached hydrogens (primary N) is 1. The standard InChI is InChI=1S/C10H11NO2/c1-3-10(12)13-9-5-4-8(11)6-7(9)2/h3-6H,1,11H2,2H3. The molecule has 0 unspecified atom stereocenters. The average Bonchev–Trinajstić information content (AvgIpc) is 2.09. The first kappa shape index (κ1) is 9.32. The topological polar surface area (TPSA) is 52.3 Å². The van der Waals surface area contributed by atoms with Crippen molar-refractivity contribution in [1.29, 1.82) is 0 Å². The van der Waals surface area contributed by atoms with Crippen LogP contribution in [-0.4, -0.2) is 5.97 Å². The van der Waals surface area contributed by atoms with Gasteiger partial charge in [-0.15, -0.1) is 0 Å². The molecule has 0 aliphatic heterocycles. The van der Waals surface area contributed by atoms with Crippen molar-refractivity contribution < 1.29 is 9.53 Å². The lowest BCUT2D eigenvalue weighted by atomic mass is 10.2. The van der Waals surface area contributed by atoms with E-state index in [4.69, 9.17) is 10.5 Å². The first-order valence-electron chi connectivity index (χ1n) is 3.84. The maximum absolute atomic E-state index is 10.8. The number of hydrogen-bond acceptors (Lipinski definition) is 3. The van der Waals surface area contributed by atoms with Crippen LogP contribution in [0.3, 0.4) is 0 Å². The van der Waals surface area contributed by atoms with E-state index in [9.17, 15) is 4.79 Å². The molecule has 1 rings (SSSR count). The molecule has 0 aliphatic rings. The minimum Gasteiger partial charge on any atom is -0.423 e. The zero-order chi connectivity index (χ0) is 9.84. The fourth-order valence-electron chi connectivity index (χ4n) is 0.937. The third-order valence-corrected chi connectivity index (χ3v) is 1.58. The van der Waals surface area contributed by atoms with Crippen LogP contribution in [0.5, 0.6) is 5.75 Å². The number of benzene rings is 1. The van der Waals surface area contributed by atoms with Gasteiger partial charge in [0.05, 0.1) is 0 Å². The first-order valence-corrected chi connectivity index (χ1v) is 3.84. The summed E-state index contributed by atoms with van der Waals surface area (Å²) in [7, 11) is 0. The summed E-state index contributed by atoms with van der Waals surface area (Å²) in [6, 6.07) is 5.08. The first-order chi connectivity index (χ1) is 6.13. The van der Waals surface area contributed by atoms with Crippen molar-refractivity contribution in [3.8, 4) is 5.75 Å². The molecule has 1 aromatic rings. The number of carbonyl (C=O) groups excluding carboxylic acids is 1. The Morgan fingerprint density at radius 1 is 1.62 bits per heavy atom. The van der Waals surface area contributed by atoms with Crippen LogP contribution in [0.25, 0.3) is 0 Å². The summed E-state index contributed by atoms with van der Waals surface area (Å²) in [5.74, 6) is 0.0481. The summed E-state index contributed by atoms with van der Waals surface area (Å²) in [6.07, 6.45) is 1.12. The van der Waals surface area contributed by atoms with Gasteiger partial charge < -0.3 is 10.5 Å². The van der Waals surface area contributed by atoms with Gasteiger partial charge in [0, 0.05) is 11.8 Å². The molecule has 68 valence electrons. The minimum atomic E-state index is -0.465. The lowest BCUT2D eigenvalue weighted by Gasteiger charge is -2.05. The predicted molar refractivity (Wildman–Crippen MR) is 51.4 cm³/mol. The Kier molecular flexibility index (Phi) is 2.69. The van der Waals surface area contributed by atoms with Crippen LogP contribution < -0.4 is 10.5 Å². The summed E-state index contributed by atoms with van der Waals surface area (Å²) in [5.41, 5.74) is 7.01. The molecule has 0 aliphatic carbocycles. The normalized spacial score (nSPS) is 9.31. The molecule has 0 fully saturated rings. The molecule has 1 aromatic carbocycles. The highest BCUT2D eigenvalue weighted by molar-refractivity contribution is 5.83. The number of nitrogen functional groups attached to an aromatic ring is 1. The molecular weight excluding hydrogens is 166 g/mol. The number of hydrogen-bond donors (Lipinski definition) is 1. The Labute approximate surface area is 76.8 Å². The largest absolute Gasteiger partial charge is 0.423 e. The molecule has 0 saturated heterocycles. The number of carbonyl (C=O) groups is 1. The predicted octanol–water partition coefficient (Wildman–Crippen LogP) is 1.67. The molecule has 0 amide bonds. The Bertz CT molecular complexity index is 345. The molecule has 3 heteroatoms. The maximum Gasteiger partial charge on any atom is 0.335 e. The van der Waals surface area contributed by atoms with E-state index in [1.165, 1.54) is 0 Å². The van der Waals surface area contributed by atoms with Gasteiger partial charge in [-0.1, -0.05) is 6.58 Å². The van der Waals surface area contributed by atoms with Gasteiger partial charge in [-0.25, -0.2) is 4.79 Å². The second kappa shape index (κ2) is 3.76. The highest BCUT2D eigenvalue weighted by Gasteiger charge is 2.02. The molecule has 0 saturated carbocycles. The molecule has 13 heavy (non-hydrogen) atoms. The van der Waals surface area contributed by atoms with Gasteiger partial charge in [0.15, 0.2) is 0 Å². The number of ether oxygens (including phenoxy) is 1. The average molecular weight is 177 g/mol. The zero-order valence-corrected chi connectivity index (χ0v) is 7.41. The molecule has 0 spiro atoms. The lowest BCUT2D eigenvalue weighted by molar-refractivity contribution is -0.129. The summed E-state index contributed by atoms with van der Waals surface area (Å²) >= 11 is 0. The van der Waals surface area contributed by atoms with E-state index in [1.807, 2.05) is 6.92 Å². The van der Waals surface area contributed by atoms with Crippen molar-refractivity contribution in [2.24, 2.45) is 0 Å². The summed E-state index contributed by atoms with van der Waals surface area (Å²) < 4.78 is 4.94. The summed E-state index contributed by atoms with van der Waals surface area (Å²) in [6.45, 7) is 5.13. The van der Waals surface area contributed by atoms with Crippen LogP contribution in [0.4, 0.5) is 5.69 Å². The molecule has 0 bridgehead atoms. The molecule has 3 nitrogen and oxygen atoms in total. The lowest BCUT2D eigenvalue weighted by Crippen LogP contribution is -2.04. The molecular formula is C10H11NO2. The summed E-state index contributed by atoms with van der Waals surface area (Å²) in [4.78, 5) is 10.8. The van der Waals surface area contributed by atoms with Gasteiger partial charge in [-0.3, -0.25) is 0 Å². The van der Waals surface area contributed by atoms with Crippen LogP contribution in [-0.2, 0) is 4.79 Å². The SMILES string of the molecule is C=CC(=O)Oc1ccc(N)cc1C. The van der Waals surface area contributed by atoms with E-state index in [0.29, 0.717) is 11.4 Å². The molecule has 0 radical (unpaired) electrons. The van der Waals surface area contributed by atoms with Crippen LogP contribution in [0.2, 0.25) is 0 Å². The Balaban J connectivity index is 2.89. The van der Waals surface area contributed by atoms with E-state index in [-0.39, 0.29) is 0 Å². The monoisotopic (exact) mass is 177 g/mol. The van der Waals surface area contributed by atoms with Crippen molar-refractivity contribution in [3.05, 3.63) is 36.4 Å². The highest BCUT2D eigenvalue weighted by Crippen LogP contribution is 2.20. The zero-order valence-electron chi connectivity index (χ0n) is 7.41. The number of aryl methyl sites for hydroxylation is 1. The maximum atomic E-state index is 10.8. The van der Waals surface area contributed by atoms with Crippen LogP contribution >= 0.6 is 0 Å². The van der Waals surface area contributed by atoms with Crippen molar-refractivity contribution in [2.75, 3.05) is 5.73 Å². The van der Waals surface area contributed by atoms with Crippen molar-refractivity contribution in [1.82, 2.24) is 0 Å². The van der Waals surface area contributed by atoms with Gasteiger partial charge in [0.25, 0.3) is 0 Å². The quantitative estimate of drug-likeness (QED) is 0.323. The molecule has 0 heterocycles. The highest BCUT2D eigenvalue weighted by atomic mass is 16.5. The third kappa shape index (κ3) is 2.33. The van der Waals surface area contributed by atoms with Gasteiger partial charge in [0.2, 0.25) is 0 Å². The Morgan fingerprint density at radius 3 is 2.85 bits per heavy atom. The Morgan fingerprint density at radius 2 is 2.31 bits per heavy atom. The smallest absolute Gasteiger partial charge is 0.335 e. The molecule has 0 atom stereocenters. The van der Waals surface area contributed by atoms with Gasteiger partial charge >= 0.3 is 5.97 Å². The van der Waals surface area contributed by atoms with Gasteiger partial charge in [-0.2, -0.15) is 0 Å². The van der Waals surface area contributed by atoms with E-state index in [2.05, 4.69) is 6.58 Å². The summed E-state index contributed by atoms with van der Waals surface area (Å²) in [5, 5.41) is 0. The third-order valence-electron chi connectivity index (χ3n) is 1.58. The van der Waals surface area contributed by atoms with Crippen LogP contribution in [0.15, 0.2) is 30.9 Å². The second-order valence-corrected chi connectivity index (χ2v) is 2.65. The van der Waals surface area contributed by atoms with E-state index >= 15 is 0 Å². The Hall–Kier alpha value is -1.77. The fourth-order valence-corrected chi connectivity index (χ4v) is 0.937. The number of rotatable bonds is 2. The van der Waals surface area contributed by atoms with E-state index < -0.39 is 5.97 Å². The second-order valence-electron chi connectivity index (χ2n) is 2.65. The van der Waals surface area contributed by atoms with Crippen molar-refractivity contribution in [2.45, 2.75) is 6.92 Å². The van der Waals surface area contributed by atoms with E-state index in [0.717, 1.165) is 11.6 Å². The van der Waals surface area contributed by atoms with Crippen LogP contribution in [0.1, 0.15) is 5.56 Å². The van der Waals surface area contributed by atoms with Gasteiger partial charge in [0.1, 0.15) is 5.75 Å². The number of anilines is 1. The van der Waals surface area contributed by atoms with Crippen molar-refractivity contribution in [3.63, 3.8) is 0 Å².